The van der Waals surface area contributed by atoms with Crippen molar-refractivity contribution in [1.29, 1.82) is 5.26 Å². The Labute approximate surface area is 90.1 Å². The summed E-state index contributed by atoms with van der Waals surface area (Å²) in [6, 6.07) is 8.24. The monoisotopic (exact) mass is 214 g/mol. The number of nitriles is 1. The Morgan fingerprint density at radius 2 is 2.12 bits per heavy atom. The van der Waals surface area contributed by atoms with Crippen molar-refractivity contribution in [3.8, 4) is 6.07 Å². The lowest BCUT2D eigenvalue weighted by molar-refractivity contribution is -0.382. The molecule has 6 heteroatoms. The molecule has 2 N–H and O–H groups in total. The van der Waals surface area contributed by atoms with E-state index >= 15 is 0 Å². The van der Waals surface area contributed by atoms with Gasteiger partial charge in [-0.15, -0.1) is 0 Å². The predicted molar refractivity (Wildman–Crippen MR) is 57.5 cm³/mol. The van der Waals surface area contributed by atoms with Crippen molar-refractivity contribution in [3.63, 3.8) is 0 Å². The largest absolute Gasteiger partial charge is 0.391 e. The lowest BCUT2D eigenvalue weighted by Gasteiger charge is -2.03. The molecule has 0 spiro atoms. The molecule has 1 heterocycles. The van der Waals surface area contributed by atoms with Gasteiger partial charge in [0, 0.05) is 0 Å². The third-order valence-corrected chi connectivity index (χ3v) is 2.19. The van der Waals surface area contributed by atoms with Crippen LogP contribution in [0, 0.1) is 21.4 Å². The van der Waals surface area contributed by atoms with E-state index in [0.717, 1.165) is 0 Å². The number of aromatic nitrogens is 1. The Hall–Kier alpha value is -2.68. The van der Waals surface area contributed by atoms with Crippen molar-refractivity contribution in [3.05, 3.63) is 40.1 Å². The van der Waals surface area contributed by atoms with Crippen molar-refractivity contribution in [2.24, 2.45) is 0 Å². The van der Waals surface area contributed by atoms with Gasteiger partial charge in [-0.1, -0.05) is 12.1 Å². The standard InChI is InChI=1S/C10H6N4O2/c11-5-8-9(12)10(14(15)16)6-3-1-2-4-7(6)13-8/h1-4H,12H2. The molecule has 6 nitrogen and oxygen atoms in total. The molecule has 0 unspecified atom stereocenters. The minimum absolute atomic E-state index is 0.120. The van der Waals surface area contributed by atoms with E-state index in [4.69, 9.17) is 11.0 Å². The van der Waals surface area contributed by atoms with Crippen LogP contribution in [0.2, 0.25) is 0 Å². The van der Waals surface area contributed by atoms with Gasteiger partial charge in [-0.05, 0) is 12.1 Å². The number of anilines is 1. The van der Waals surface area contributed by atoms with Gasteiger partial charge in [0.05, 0.1) is 15.8 Å². The highest BCUT2D eigenvalue weighted by molar-refractivity contribution is 5.94. The third kappa shape index (κ3) is 1.31. The third-order valence-electron chi connectivity index (χ3n) is 2.19. The fourth-order valence-electron chi connectivity index (χ4n) is 1.49. The summed E-state index contributed by atoms with van der Waals surface area (Å²) in [6.07, 6.45) is 0. The summed E-state index contributed by atoms with van der Waals surface area (Å²) in [7, 11) is 0. The zero-order valence-electron chi connectivity index (χ0n) is 8.04. The van der Waals surface area contributed by atoms with E-state index in [1.807, 2.05) is 0 Å². The molecule has 1 aromatic heterocycles. The van der Waals surface area contributed by atoms with Crippen molar-refractivity contribution in [1.82, 2.24) is 4.98 Å². The second-order valence-electron chi connectivity index (χ2n) is 3.11. The molecule has 1 aromatic carbocycles. The van der Waals surface area contributed by atoms with Crippen LogP contribution in [0.5, 0.6) is 0 Å². The van der Waals surface area contributed by atoms with E-state index in [1.165, 1.54) is 0 Å². The van der Waals surface area contributed by atoms with E-state index in [0.29, 0.717) is 10.9 Å². The van der Waals surface area contributed by atoms with E-state index in [9.17, 15) is 10.1 Å². The molecular formula is C10H6N4O2. The molecule has 0 amide bonds. The Kier molecular flexibility index (Phi) is 2.14. The normalized spacial score (nSPS) is 9.94. The maximum atomic E-state index is 10.9. The number of hydrogen-bond donors (Lipinski definition) is 1. The first kappa shape index (κ1) is 9.86. The first-order valence-corrected chi connectivity index (χ1v) is 4.38. The number of hydrogen-bond acceptors (Lipinski definition) is 5. The lowest BCUT2D eigenvalue weighted by Crippen LogP contribution is -2.02. The van der Waals surface area contributed by atoms with Crippen LogP contribution in [0.15, 0.2) is 24.3 Å². The second kappa shape index (κ2) is 3.47. The Morgan fingerprint density at radius 1 is 1.44 bits per heavy atom. The van der Waals surface area contributed by atoms with Crippen molar-refractivity contribution in [2.75, 3.05) is 5.73 Å². The number of para-hydroxylation sites is 1. The van der Waals surface area contributed by atoms with Crippen LogP contribution >= 0.6 is 0 Å². The van der Waals surface area contributed by atoms with Crippen LogP contribution in [-0.2, 0) is 0 Å². The summed E-state index contributed by atoms with van der Waals surface area (Å²) in [5, 5.41) is 20.0. The SMILES string of the molecule is N#Cc1nc2ccccc2c([N+](=O)[O-])c1N. The van der Waals surface area contributed by atoms with Gasteiger partial charge >= 0.3 is 5.69 Å². The summed E-state index contributed by atoms with van der Waals surface area (Å²) in [4.78, 5) is 14.2. The molecule has 16 heavy (non-hydrogen) atoms. The highest BCUT2D eigenvalue weighted by Crippen LogP contribution is 2.31. The van der Waals surface area contributed by atoms with Crippen LogP contribution < -0.4 is 5.73 Å². The minimum Gasteiger partial charge on any atom is -0.391 e. The van der Waals surface area contributed by atoms with E-state index in [-0.39, 0.29) is 17.1 Å². The maximum absolute atomic E-state index is 10.9. The van der Waals surface area contributed by atoms with Crippen molar-refractivity contribution >= 4 is 22.3 Å². The van der Waals surface area contributed by atoms with Crippen LogP contribution in [0.4, 0.5) is 11.4 Å². The Morgan fingerprint density at radius 3 is 2.75 bits per heavy atom. The summed E-state index contributed by atoms with van der Waals surface area (Å²) in [6.45, 7) is 0. The van der Waals surface area contributed by atoms with Gasteiger partial charge in [0.15, 0.2) is 5.69 Å². The molecule has 2 rings (SSSR count). The van der Waals surface area contributed by atoms with Crippen LogP contribution in [0.1, 0.15) is 5.69 Å². The summed E-state index contributed by atoms with van der Waals surface area (Å²) < 4.78 is 0. The number of rotatable bonds is 1. The molecule has 78 valence electrons. The number of nitrogen functional groups attached to an aromatic ring is 1. The number of benzene rings is 1. The topological polar surface area (TPSA) is 106 Å². The fourth-order valence-corrected chi connectivity index (χ4v) is 1.49. The Bertz CT molecular complexity index is 630. The van der Waals surface area contributed by atoms with Gasteiger partial charge in [0.2, 0.25) is 0 Å². The van der Waals surface area contributed by atoms with E-state index < -0.39 is 4.92 Å². The van der Waals surface area contributed by atoms with Crippen LogP contribution in [-0.4, -0.2) is 9.91 Å². The molecule has 0 saturated carbocycles. The second-order valence-corrected chi connectivity index (χ2v) is 3.11. The molecule has 0 bridgehead atoms. The molecule has 0 aliphatic carbocycles. The lowest BCUT2D eigenvalue weighted by atomic mass is 10.1. The van der Waals surface area contributed by atoms with E-state index in [2.05, 4.69) is 4.98 Å². The number of pyridine rings is 1. The highest BCUT2D eigenvalue weighted by atomic mass is 16.6. The summed E-state index contributed by atoms with van der Waals surface area (Å²) in [5.41, 5.74) is 5.35. The minimum atomic E-state index is -0.597. The van der Waals surface area contributed by atoms with Crippen molar-refractivity contribution < 1.29 is 4.92 Å². The number of nitrogens with two attached hydrogens (primary N) is 1. The van der Waals surface area contributed by atoms with Gasteiger partial charge < -0.3 is 5.73 Å². The molecule has 0 radical (unpaired) electrons. The number of nitro groups is 1. The average Bonchev–Trinajstić information content (AvgIpc) is 2.27. The molecule has 0 fully saturated rings. The Balaban J connectivity index is 2.98. The first-order chi connectivity index (χ1) is 7.65. The van der Waals surface area contributed by atoms with Crippen LogP contribution in [0.25, 0.3) is 10.9 Å². The molecule has 0 atom stereocenters. The van der Waals surface area contributed by atoms with Gasteiger partial charge in [0.25, 0.3) is 0 Å². The van der Waals surface area contributed by atoms with Crippen LogP contribution in [0.3, 0.4) is 0 Å². The van der Waals surface area contributed by atoms with Crippen molar-refractivity contribution in [2.45, 2.75) is 0 Å². The fraction of sp³-hybridized carbons (Fsp3) is 0. The molecule has 0 aliphatic rings. The highest BCUT2D eigenvalue weighted by Gasteiger charge is 2.21. The summed E-state index contributed by atoms with van der Waals surface area (Å²) >= 11 is 0. The number of nitrogens with zero attached hydrogens (tertiary/aromatic N) is 3. The van der Waals surface area contributed by atoms with Gasteiger partial charge in [-0.25, -0.2) is 4.98 Å². The predicted octanol–water partition coefficient (Wildman–Crippen LogP) is 1.60. The maximum Gasteiger partial charge on any atom is 0.304 e. The van der Waals surface area contributed by atoms with Gasteiger partial charge in [-0.2, -0.15) is 5.26 Å². The zero-order chi connectivity index (χ0) is 11.7. The zero-order valence-corrected chi connectivity index (χ0v) is 8.04. The molecular weight excluding hydrogens is 208 g/mol. The molecule has 2 aromatic rings. The molecule has 0 aliphatic heterocycles. The quantitative estimate of drug-likeness (QED) is 0.573. The van der Waals surface area contributed by atoms with Gasteiger partial charge in [0.1, 0.15) is 11.8 Å². The van der Waals surface area contributed by atoms with Gasteiger partial charge in [-0.3, -0.25) is 10.1 Å². The molecule has 0 saturated heterocycles. The number of fused-ring (bicyclic) bond motifs is 1. The summed E-state index contributed by atoms with van der Waals surface area (Å²) in [5.74, 6) is 0. The smallest absolute Gasteiger partial charge is 0.304 e. The average molecular weight is 214 g/mol. The first-order valence-electron chi connectivity index (χ1n) is 4.38. The van der Waals surface area contributed by atoms with E-state index in [1.54, 1.807) is 30.3 Å².